The van der Waals surface area contributed by atoms with Gasteiger partial charge in [0.1, 0.15) is 0 Å². The Morgan fingerprint density at radius 3 is 2.39 bits per heavy atom. The molecule has 0 spiro atoms. The minimum Gasteiger partial charge on any atom is -0.315 e. The van der Waals surface area contributed by atoms with E-state index in [2.05, 4.69) is 17.0 Å². The largest absolute Gasteiger partial charge is 0.315 e. The maximum absolute atomic E-state index is 12.0. The maximum Gasteiger partial charge on any atom is 0.236 e. The van der Waals surface area contributed by atoms with E-state index in [0.29, 0.717) is 12.2 Å². The summed E-state index contributed by atoms with van der Waals surface area (Å²) in [7, 11) is -3.32. The molecule has 0 aliphatic carbocycles. The second-order valence-corrected chi connectivity index (χ2v) is 6.63. The molecule has 1 unspecified atom stereocenters. The minimum absolute atomic E-state index is 0.453. The second-order valence-electron chi connectivity index (χ2n) is 4.53. The van der Waals surface area contributed by atoms with Crippen LogP contribution < -0.4 is 10.0 Å². The molecule has 0 amide bonds. The SMILES string of the molecule is CCCNCC(C)S(=O)(=O)Nc1ccc(C)cc1. The first-order valence-corrected chi connectivity index (χ1v) is 7.79. The predicted molar refractivity (Wildman–Crippen MR) is 76.3 cm³/mol. The van der Waals surface area contributed by atoms with Crippen LogP contribution in [0.4, 0.5) is 5.69 Å². The Balaban J connectivity index is 2.60. The van der Waals surface area contributed by atoms with Crippen molar-refractivity contribution in [3.63, 3.8) is 0 Å². The summed E-state index contributed by atoms with van der Waals surface area (Å²) in [4.78, 5) is 0. The zero-order valence-corrected chi connectivity index (χ0v) is 12.0. The van der Waals surface area contributed by atoms with E-state index in [4.69, 9.17) is 0 Å². The van der Waals surface area contributed by atoms with Crippen molar-refractivity contribution in [1.29, 1.82) is 0 Å². The van der Waals surface area contributed by atoms with Crippen LogP contribution in [0.25, 0.3) is 0 Å². The molecule has 0 saturated heterocycles. The Bertz CT molecular complexity index is 454. The smallest absolute Gasteiger partial charge is 0.236 e. The summed E-state index contributed by atoms with van der Waals surface area (Å²) in [5.41, 5.74) is 1.72. The average Bonchev–Trinajstić information content (AvgIpc) is 2.32. The molecule has 102 valence electrons. The molecule has 18 heavy (non-hydrogen) atoms. The molecule has 0 aliphatic rings. The van der Waals surface area contributed by atoms with Crippen molar-refractivity contribution in [3.05, 3.63) is 29.8 Å². The Hall–Kier alpha value is -1.07. The molecule has 1 atom stereocenters. The van der Waals surface area contributed by atoms with Crippen molar-refractivity contribution in [2.24, 2.45) is 0 Å². The van der Waals surface area contributed by atoms with E-state index < -0.39 is 15.3 Å². The molecule has 0 radical (unpaired) electrons. The van der Waals surface area contributed by atoms with E-state index in [-0.39, 0.29) is 0 Å². The van der Waals surface area contributed by atoms with Gasteiger partial charge in [-0.3, -0.25) is 4.72 Å². The van der Waals surface area contributed by atoms with Crippen LogP contribution in [-0.4, -0.2) is 26.8 Å². The molecular formula is C13H22N2O2S. The molecule has 0 aromatic heterocycles. The molecule has 4 nitrogen and oxygen atoms in total. The normalized spacial score (nSPS) is 13.3. The van der Waals surface area contributed by atoms with Crippen LogP contribution in [0.2, 0.25) is 0 Å². The highest BCUT2D eigenvalue weighted by Crippen LogP contribution is 2.12. The summed E-state index contributed by atoms with van der Waals surface area (Å²) in [6.07, 6.45) is 0.998. The molecule has 5 heteroatoms. The van der Waals surface area contributed by atoms with Crippen LogP contribution in [0.5, 0.6) is 0 Å². The van der Waals surface area contributed by atoms with Gasteiger partial charge in [0.05, 0.1) is 5.25 Å². The van der Waals surface area contributed by atoms with E-state index in [0.717, 1.165) is 18.5 Å². The number of anilines is 1. The first-order chi connectivity index (χ1) is 8.45. The second kappa shape index (κ2) is 6.75. The Labute approximate surface area is 110 Å². The van der Waals surface area contributed by atoms with Gasteiger partial charge in [-0.25, -0.2) is 8.42 Å². The standard InChI is InChI=1S/C13H22N2O2S/c1-4-9-14-10-12(3)18(16,17)15-13-7-5-11(2)6-8-13/h5-8,12,14-15H,4,9-10H2,1-3H3. The molecule has 2 N–H and O–H groups in total. The molecule has 1 rings (SSSR count). The lowest BCUT2D eigenvalue weighted by Crippen LogP contribution is -2.35. The van der Waals surface area contributed by atoms with Gasteiger partial charge in [0, 0.05) is 12.2 Å². The first-order valence-electron chi connectivity index (χ1n) is 6.24. The van der Waals surface area contributed by atoms with Crippen LogP contribution >= 0.6 is 0 Å². The number of rotatable bonds is 7. The van der Waals surface area contributed by atoms with Crippen molar-refractivity contribution in [2.75, 3.05) is 17.8 Å². The Morgan fingerprint density at radius 1 is 1.22 bits per heavy atom. The molecule has 1 aromatic carbocycles. The monoisotopic (exact) mass is 270 g/mol. The van der Waals surface area contributed by atoms with E-state index in [1.165, 1.54) is 0 Å². The van der Waals surface area contributed by atoms with Crippen molar-refractivity contribution >= 4 is 15.7 Å². The number of hydrogen-bond acceptors (Lipinski definition) is 3. The lowest BCUT2D eigenvalue weighted by molar-refractivity contribution is 0.576. The number of benzene rings is 1. The molecule has 1 aromatic rings. The lowest BCUT2D eigenvalue weighted by atomic mass is 10.2. The molecule has 0 heterocycles. The molecule has 0 aliphatic heterocycles. The highest BCUT2D eigenvalue weighted by Gasteiger charge is 2.19. The van der Waals surface area contributed by atoms with E-state index in [9.17, 15) is 8.42 Å². The summed E-state index contributed by atoms with van der Waals surface area (Å²) in [5.74, 6) is 0. The van der Waals surface area contributed by atoms with E-state index in [1.54, 1.807) is 19.1 Å². The van der Waals surface area contributed by atoms with Gasteiger partial charge in [0.2, 0.25) is 10.0 Å². The van der Waals surface area contributed by atoms with Gasteiger partial charge in [-0.05, 0) is 38.9 Å². The average molecular weight is 270 g/mol. The minimum atomic E-state index is -3.32. The fraction of sp³-hybridized carbons (Fsp3) is 0.538. The Morgan fingerprint density at radius 2 is 1.83 bits per heavy atom. The van der Waals surface area contributed by atoms with Crippen LogP contribution in [-0.2, 0) is 10.0 Å². The van der Waals surface area contributed by atoms with E-state index >= 15 is 0 Å². The van der Waals surface area contributed by atoms with Crippen LogP contribution in [0, 0.1) is 6.92 Å². The van der Waals surface area contributed by atoms with E-state index in [1.807, 2.05) is 19.1 Å². The fourth-order valence-electron chi connectivity index (χ4n) is 1.48. The van der Waals surface area contributed by atoms with Crippen molar-refractivity contribution in [3.8, 4) is 0 Å². The molecular weight excluding hydrogens is 248 g/mol. The van der Waals surface area contributed by atoms with Gasteiger partial charge < -0.3 is 5.32 Å². The van der Waals surface area contributed by atoms with Gasteiger partial charge in [-0.15, -0.1) is 0 Å². The number of aryl methyl sites for hydroxylation is 1. The third kappa shape index (κ3) is 4.66. The highest BCUT2D eigenvalue weighted by molar-refractivity contribution is 7.93. The quantitative estimate of drug-likeness (QED) is 0.746. The number of nitrogens with one attached hydrogen (secondary N) is 2. The zero-order chi connectivity index (χ0) is 13.6. The maximum atomic E-state index is 12.0. The van der Waals surface area contributed by atoms with Gasteiger partial charge in [-0.1, -0.05) is 24.6 Å². The topological polar surface area (TPSA) is 58.2 Å². The third-order valence-corrected chi connectivity index (χ3v) is 4.45. The summed E-state index contributed by atoms with van der Waals surface area (Å²) in [6.45, 7) is 7.03. The summed E-state index contributed by atoms with van der Waals surface area (Å²) >= 11 is 0. The molecule has 0 saturated carbocycles. The lowest BCUT2D eigenvalue weighted by Gasteiger charge is -2.15. The molecule has 0 bridgehead atoms. The van der Waals surface area contributed by atoms with Crippen LogP contribution in [0.1, 0.15) is 25.8 Å². The third-order valence-electron chi connectivity index (χ3n) is 2.70. The fourth-order valence-corrected chi connectivity index (χ4v) is 2.48. The first kappa shape index (κ1) is 15.0. The van der Waals surface area contributed by atoms with Crippen molar-refractivity contribution in [1.82, 2.24) is 5.32 Å². The summed E-state index contributed by atoms with van der Waals surface area (Å²) in [6, 6.07) is 7.33. The van der Waals surface area contributed by atoms with Gasteiger partial charge in [0.15, 0.2) is 0 Å². The number of hydrogen-bond donors (Lipinski definition) is 2. The summed E-state index contributed by atoms with van der Waals surface area (Å²) in [5, 5.41) is 2.66. The van der Waals surface area contributed by atoms with Gasteiger partial charge in [-0.2, -0.15) is 0 Å². The predicted octanol–water partition coefficient (Wildman–Crippen LogP) is 2.12. The van der Waals surface area contributed by atoms with Crippen LogP contribution in [0.15, 0.2) is 24.3 Å². The molecule has 0 fully saturated rings. The van der Waals surface area contributed by atoms with Crippen molar-refractivity contribution < 1.29 is 8.42 Å². The van der Waals surface area contributed by atoms with Crippen molar-refractivity contribution in [2.45, 2.75) is 32.4 Å². The van der Waals surface area contributed by atoms with Gasteiger partial charge in [0.25, 0.3) is 0 Å². The zero-order valence-electron chi connectivity index (χ0n) is 11.2. The summed E-state index contributed by atoms with van der Waals surface area (Å²) < 4.78 is 26.7. The van der Waals surface area contributed by atoms with Crippen LogP contribution in [0.3, 0.4) is 0 Å². The Kier molecular flexibility index (Phi) is 5.62. The van der Waals surface area contributed by atoms with Gasteiger partial charge >= 0.3 is 0 Å². The highest BCUT2D eigenvalue weighted by atomic mass is 32.2. The number of sulfonamides is 1.